The van der Waals surface area contributed by atoms with Gasteiger partial charge in [-0.1, -0.05) is 182 Å². The summed E-state index contributed by atoms with van der Waals surface area (Å²) >= 11 is 0. The van der Waals surface area contributed by atoms with Crippen molar-refractivity contribution in [1.82, 2.24) is 0 Å². The van der Waals surface area contributed by atoms with Gasteiger partial charge in [-0.05, 0) is 57.8 Å². The minimum absolute atomic E-state index is 0.693. The van der Waals surface area contributed by atoms with E-state index >= 15 is 0 Å². The van der Waals surface area contributed by atoms with E-state index in [9.17, 15) is 0 Å². The smallest absolute Gasteiger partial charge is 0.380 e. The molecule has 0 amide bonds. The Morgan fingerprint density at radius 1 is 0.354 bits per heavy atom. The summed E-state index contributed by atoms with van der Waals surface area (Å²) in [6, 6.07) is 63.1. The van der Waals surface area contributed by atoms with E-state index in [2.05, 4.69) is 146 Å². The van der Waals surface area contributed by atoms with Crippen molar-refractivity contribution in [3.8, 4) is 0 Å². The summed E-state index contributed by atoms with van der Waals surface area (Å²) in [5, 5.41) is 16.6. The Hall–Kier alpha value is -5.31. The van der Waals surface area contributed by atoms with Gasteiger partial charge in [0.25, 0.3) is 0 Å². The lowest BCUT2D eigenvalue weighted by Gasteiger charge is -2.30. The SMILES string of the molecule is C/C(CC/C(C)=N/O[Si](c1ccccc1)(c1ccccc1)c1ccccc1)=N\O[Si](c1ccccc1)(c1ccccc1)c1ccccc1. The van der Waals surface area contributed by atoms with E-state index in [0.29, 0.717) is 12.8 Å². The van der Waals surface area contributed by atoms with E-state index in [-0.39, 0.29) is 0 Å². The summed E-state index contributed by atoms with van der Waals surface area (Å²) in [6.07, 6.45) is 1.39. The number of hydrogen-bond acceptors (Lipinski definition) is 4. The maximum atomic E-state index is 6.83. The first-order valence-electron chi connectivity index (χ1n) is 16.4. The molecule has 0 aliphatic heterocycles. The summed E-state index contributed by atoms with van der Waals surface area (Å²) in [4.78, 5) is 0. The Labute approximate surface area is 286 Å². The van der Waals surface area contributed by atoms with Crippen molar-refractivity contribution in [2.75, 3.05) is 0 Å². The first kappa shape index (κ1) is 32.6. The van der Waals surface area contributed by atoms with Crippen LogP contribution in [0.15, 0.2) is 192 Å². The standard InChI is InChI=1S/C42H40N2O2Si2/c1-35(43-45-47(37-21-9-3-10-22-37,38-23-11-4-12-24-38)39-25-13-5-14-26-39)33-34-36(2)44-46-48(40-27-15-6-16-28-40,41-29-17-7-18-30-41)42-31-19-8-20-32-42/h3-32H,33-34H2,1-2H3/b43-35+,44-36+. The zero-order valence-electron chi connectivity index (χ0n) is 27.4. The maximum Gasteiger partial charge on any atom is 0.380 e. The Morgan fingerprint density at radius 2 is 0.542 bits per heavy atom. The molecule has 0 spiro atoms. The maximum absolute atomic E-state index is 6.83. The molecular formula is C42H40N2O2Si2. The fraction of sp³-hybridized carbons (Fsp3) is 0.0952. The van der Waals surface area contributed by atoms with Gasteiger partial charge >= 0.3 is 16.6 Å². The van der Waals surface area contributed by atoms with E-state index in [1.165, 1.54) is 0 Å². The minimum atomic E-state index is -2.93. The lowest BCUT2D eigenvalue weighted by molar-refractivity contribution is 0.345. The third-order valence-electron chi connectivity index (χ3n) is 8.61. The van der Waals surface area contributed by atoms with Crippen molar-refractivity contribution in [1.29, 1.82) is 0 Å². The molecule has 0 fully saturated rings. The predicted molar refractivity (Wildman–Crippen MR) is 206 cm³/mol. The van der Waals surface area contributed by atoms with Gasteiger partial charge in [0, 0.05) is 0 Å². The van der Waals surface area contributed by atoms with Gasteiger partial charge in [-0.15, -0.1) is 10.3 Å². The molecule has 0 aliphatic rings. The van der Waals surface area contributed by atoms with Crippen LogP contribution in [0.5, 0.6) is 0 Å². The molecular weight excluding hydrogens is 621 g/mol. The first-order chi connectivity index (χ1) is 23.6. The molecule has 4 nitrogen and oxygen atoms in total. The summed E-state index contributed by atoms with van der Waals surface area (Å²) in [5.41, 5.74) is 1.81. The molecule has 0 aromatic heterocycles. The largest absolute Gasteiger partial charge is 0.438 e. The molecule has 0 aliphatic carbocycles. The van der Waals surface area contributed by atoms with E-state index in [0.717, 1.165) is 42.5 Å². The summed E-state index contributed by atoms with van der Waals surface area (Å²) in [7, 11) is -5.86. The van der Waals surface area contributed by atoms with Gasteiger partial charge in [0.05, 0.1) is 11.4 Å². The normalized spacial score (nSPS) is 12.4. The summed E-state index contributed by atoms with van der Waals surface area (Å²) in [5.74, 6) is 0. The molecule has 0 N–H and O–H groups in total. The van der Waals surface area contributed by atoms with Crippen LogP contribution in [0.3, 0.4) is 0 Å². The molecule has 0 saturated heterocycles. The zero-order valence-corrected chi connectivity index (χ0v) is 29.4. The molecule has 0 bridgehead atoms. The molecule has 238 valence electrons. The molecule has 6 heteroatoms. The average Bonchev–Trinajstić information content (AvgIpc) is 3.17. The van der Waals surface area contributed by atoms with E-state index < -0.39 is 16.6 Å². The van der Waals surface area contributed by atoms with Gasteiger partial charge in [-0.2, -0.15) is 0 Å². The van der Waals surface area contributed by atoms with Gasteiger partial charge in [0.15, 0.2) is 0 Å². The molecule has 0 saturated carbocycles. The second-order valence-corrected chi connectivity index (χ2v) is 18.4. The van der Waals surface area contributed by atoms with Gasteiger partial charge in [-0.3, -0.25) is 0 Å². The highest BCUT2D eigenvalue weighted by molar-refractivity contribution is 7.07. The Morgan fingerprint density at radius 3 is 0.729 bits per heavy atom. The van der Waals surface area contributed by atoms with Crippen LogP contribution in [-0.2, 0) is 9.05 Å². The van der Waals surface area contributed by atoms with Crippen molar-refractivity contribution in [2.24, 2.45) is 10.3 Å². The lowest BCUT2D eigenvalue weighted by atomic mass is 10.2. The average molecular weight is 661 g/mol. The predicted octanol–water partition coefficient (Wildman–Crippen LogP) is 5.89. The van der Waals surface area contributed by atoms with Gasteiger partial charge in [-0.25, -0.2) is 0 Å². The Balaban J connectivity index is 1.29. The van der Waals surface area contributed by atoms with Gasteiger partial charge in [0.2, 0.25) is 0 Å². The molecule has 6 rings (SSSR count). The van der Waals surface area contributed by atoms with E-state index in [1.54, 1.807) is 0 Å². The van der Waals surface area contributed by atoms with Crippen LogP contribution in [0.4, 0.5) is 0 Å². The number of hydrogen-bond donors (Lipinski definition) is 0. The second kappa shape index (κ2) is 15.5. The molecule has 6 aromatic rings. The molecule has 0 unspecified atom stereocenters. The number of nitrogens with zero attached hydrogens (tertiary/aromatic N) is 2. The molecule has 0 heterocycles. The van der Waals surface area contributed by atoms with Crippen molar-refractivity contribution >= 4 is 59.2 Å². The fourth-order valence-corrected chi connectivity index (χ4v) is 13.3. The second-order valence-electron chi connectivity index (χ2n) is 11.9. The van der Waals surface area contributed by atoms with Gasteiger partial charge in [0.1, 0.15) is 0 Å². The van der Waals surface area contributed by atoms with Crippen LogP contribution in [0, 0.1) is 0 Å². The third kappa shape index (κ3) is 7.00. The van der Waals surface area contributed by atoms with Crippen molar-refractivity contribution in [3.05, 3.63) is 182 Å². The highest BCUT2D eigenvalue weighted by Crippen LogP contribution is 2.13. The van der Waals surface area contributed by atoms with Crippen LogP contribution in [0.1, 0.15) is 26.7 Å². The molecule has 6 aromatic carbocycles. The van der Waals surface area contributed by atoms with Crippen LogP contribution in [-0.4, -0.2) is 28.1 Å². The topological polar surface area (TPSA) is 43.2 Å². The monoisotopic (exact) mass is 660 g/mol. The van der Waals surface area contributed by atoms with E-state index in [1.807, 2.05) is 50.2 Å². The highest BCUT2D eigenvalue weighted by Gasteiger charge is 2.46. The Kier molecular flexibility index (Phi) is 10.6. The van der Waals surface area contributed by atoms with Gasteiger partial charge < -0.3 is 9.05 Å². The minimum Gasteiger partial charge on any atom is -0.438 e. The van der Waals surface area contributed by atoms with Crippen molar-refractivity contribution < 1.29 is 9.05 Å². The quantitative estimate of drug-likeness (QED) is 0.0672. The van der Waals surface area contributed by atoms with Crippen LogP contribution >= 0.6 is 0 Å². The zero-order chi connectivity index (χ0) is 33.1. The fourth-order valence-electron chi connectivity index (χ4n) is 6.10. The van der Waals surface area contributed by atoms with Crippen LogP contribution in [0.25, 0.3) is 0 Å². The molecule has 48 heavy (non-hydrogen) atoms. The number of benzene rings is 6. The van der Waals surface area contributed by atoms with Crippen LogP contribution in [0.2, 0.25) is 0 Å². The van der Waals surface area contributed by atoms with E-state index in [4.69, 9.17) is 19.4 Å². The lowest BCUT2D eigenvalue weighted by Crippen LogP contribution is -2.68. The highest BCUT2D eigenvalue weighted by atomic mass is 28.4. The molecule has 0 atom stereocenters. The van der Waals surface area contributed by atoms with Crippen molar-refractivity contribution in [2.45, 2.75) is 26.7 Å². The van der Waals surface area contributed by atoms with Crippen molar-refractivity contribution in [3.63, 3.8) is 0 Å². The molecule has 0 radical (unpaired) electrons. The summed E-state index contributed by atoms with van der Waals surface area (Å²) < 4.78 is 13.7. The third-order valence-corrected chi connectivity index (χ3v) is 16.2. The summed E-state index contributed by atoms with van der Waals surface area (Å²) in [6.45, 7) is 4.07. The Bertz CT molecular complexity index is 1580. The first-order valence-corrected chi connectivity index (χ1v) is 20.2. The number of oxime groups is 2. The number of rotatable bonds is 13. The van der Waals surface area contributed by atoms with Crippen LogP contribution < -0.4 is 31.1 Å².